The van der Waals surface area contributed by atoms with Crippen molar-refractivity contribution < 1.29 is 14.6 Å². The van der Waals surface area contributed by atoms with Crippen LogP contribution in [-0.2, 0) is 9.47 Å². The molecule has 0 aromatic heterocycles. The van der Waals surface area contributed by atoms with Crippen LogP contribution in [0.4, 0.5) is 0 Å². The Kier molecular flexibility index (Phi) is 11.1. The molecule has 2 unspecified atom stereocenters. The molecule has 3 aliphatic rings. The summed E-state index contributed by atoms with van der Waals surface area (Å²) in [4.78, 5) is 0. The first kappa shape index (κ1) is 30.6. The minimum atomic E-state index is -0.944. The first-order valence-corrected chi connectivity index (χ1v) is 18.0. The van der Waals surface area contributed by atoms with E-state index in [0.717, 1.165) is 19.3 Å². The molecule has 0 amide bonds. The number of aliphatic hydroxyl groups excluding tert-OH is 1. The molecular weight excluding hydrogens is 432 g/mol. The predicted octanol–water partition coefficient (Wildman–Crippen LogP) is 5.28. The van der Waals surface area contributed by atoms with Gasteiger partial charge in [0.05, 0.1) is 34.0 Å². The van der Waals surface area contributed by atoms with Crippen molar-refractivity contribution in [1.29, 1.82) is 0 Å². The molecule has 0 aromatic carbocycles. The van der Waals surface area contributed by atoms with Crippen LogP contribution in [0, 0.1) is 17.8 Å². The van der Waals surface area contributed by atoms with Gasteiger partial charge < -0.3 is 14.6 Å². The van der Waals surface area contributed by atoms with Crippen LogP contribution >= 0.6 is 13.8 Å². The van der Waals surface area contributed by atoms with Crippen LogP contribution in [0.3, 0.4) is 0 Å². The zero-order valence-electron chi connectivity index (χ0n) is 21.1. The topological polar surface area (TPSA) is 38.7 Å². The number of hydrogen-bond donors (Lipinski definition) is 1. The number of fused-ring (bicyclic) bond motifs is 1. The first-order valence-electron chi connectivity index (χ1n) is 11.9. The molecule has 0 bridgehead atoms. The Morgan fingerprint density at radius 1 is 0.875 bits per heavy atom. The molecule has 2 saturated carbocycles. The molecule has 0 aromatic rings. The van der Waals surface area contributed by atoms with E-state index >= 15 is 0 Å². The van der Waals surface area contributed by atoms with Gasteiger partial charge in [-0.05, 0) is 89.2 Å². The van der Waals surface area contributed by atoms with E-state index < -0.39 is 19.6 Å². The Hall–Kier alpha value is 0.610. The minimum Gasteiger partial charge on any atom is -0.393 e. The van der Waals surface area contributed by atoms with Crippen molar-refractivity contribution in [3.8, 4) is 0 Å². The van der Waals surface area contributed by atoms with Crippen molar-refractivity contribution in [2.45, 2.75) is 89.6 Å². The molecule has 0 spiro atoms. The van der Waals surface area contributed by atoms with Crippen molar-refractivity contribution >= 4 is 42.1 Å². The fourth-order valence-corrected chi connectivity index (χ4v) is 7.18. The molecule has 184 valence electrons. The van der Waals surface area contributed by atoms with E-state index in [9.17, 15) is 5.11 Å². The van der Waals surface area contributed by atoms with Crippen molar-refractivity contribution in [2.75, 3.05) is 39.0 Å². The lowest BCUT2D eigenvalue weighted by atomic mass is 9.79. The van der Waals surface area contributed by atoms with Crippen molar-refractivity contribution in [3.63, 3.8) is 0 Å². The molecule has 1 heterocycles. The van der Waals surface area contributed by atoms with E-state index in [1.54, 1.807) is 0 Å². The van der Waals surface area contributed by atoms with Crippen LogP contribution in [0.5, 0.6) is 0 Å². The monoisotopic (exact) mass is 482 g/mol. The minimum absolute atomic E-state index is 0. The highest BCUT2D eigenvalue weighted by atomic mass is 31.2. The Labute approximate surface area is 203 Å². The molecule has 1 saturated heterocycles. The van der Waals surface area contributed by atoms with Crippen LogP contribution in [0.15, 0.2) is 0 Å². The average Bonchev–Trinajstić information content (AvgIpc) is 3.16. The van der Waals surface area contributed by atoms with Crippen LogP contribution < -0.4 is 0 Å². The maximum absolute atomic E-state index is 9.94. The maximum atomic E-state index is 9.94. The zero-order chi connectivity index (χ0) is 23.8. The smallest absolute Gasteiger partial charge is 0.163 e. The molecule has 3 rings (SSSR count). The Balaban J connectivity index is 0.000000316. The highest BCUT2D eigenvalue weighted by molar-refractivity contribution is 7.72. The molecule has 8 atom stereocenters. The summed E-state index contributed by atoms with van der Waals surface area (Å²) < 4.78 is 11.9. The Morgan fingerprint density at radius 2 is 1.31 bits per heavy atom. The SMILES string of the molecule is C.[B][C@@H]1C[C@H](CCP(=C)(C)C)[C@@H](O)C1C.[B][C@@H]1C[C@H](CCP(=C)(C)C)[C@H]2OC(C)(C)OC12. The largest absolute Gasteiger partial charge is 0.393 e. The molecule has 3 nitrogen and oxygen atoms in total. The van der Waals surface area contributed by atoms with Gasteiger partial charge in [-0.25, -0.2) is 0 Å². The third-order valence-corrected chi connectivity index (χ3v) is 10.0. The lowest BCUT2D eigenvalue weighted by molar-refractivity contribution is -0.156. The van der Waals surface area contributed by atoms with Crippen LogP contribution in [0.25, 0.3) is 0 Å². The first-order chi connectivity index (χ1) is 14.0. The highest BCUT2D eigenvalue weighted by Gasteiger charge is 2.51. The quantitative estimate of drug-likeness (QED) is 0.414. The van der Waals surface area contributed by atoms with Crippen LogP contribution in [-0.4, -0.2) is 96.5 Å². The van der Waals surface area contributed by atoms with Gasteiger partial charge in [0, 0.05) is 0 Å². The van der Waals surface area contributed by atoms with Gasteiger partial charge in [-0.15, -0.1) is 26.4 Å². The lowest BCUT2D eigenvalue weighted by Crippen LogP contribution is -2.25. The Morgan fingerprint density at radius 3 is 1.75 bits per heavy atom. The second-order valence-corrected chi connectivity index (χ2v) is 20.8. The number of ether oxygens (including phenoxy) is 2. The van der Waals surface area contributed by atoms with Gasteiger partial charge in [0.25, 0.3) is 0 Å². The number of aliphatic hydroxyl groups is 1. The normalized spacial score (nSPS) is 38.5. The highest BCUT2D eigenvalue weighted by Crippen LogP contribution is 2.49. The summed E-state index contributed by atoms with van der Waals surface area (Å²) >= 11 is 0. The standard InChI is InChI=1S/C13H24BO2P.C11H22BOP.CH4/c1-13(2)15-11-9(6-7-17(3,4)5)8-10(14)12(11)16-13;1-8-10(12)7-9(11(8)13)5-6-14(2,3)4;/h9-12H,3,6-8H2,1-2,4-5H3;8-11,13H,2,5-7H2,1,3-4H3;1H4/t9-,10+,11+,12?;8?,9-,10+,11-;/m00./s1. The summed E-state index contributed by atoms with van der Waals surface area (Å²) in [7, 11) is 12.1. The van der Waals surface area contributed by atoms with E-state index in [-0.39, 0.29) is 43.3 Å². The Bertz CT molecular complexity index is 687. The summed E-state index contributed by atoms with van der Waals surface area (Å²) in [5.74, 6) is 1.12. The molecular formula is C25H50B2O3P2. The van der Waals surface area contributed by atoms with Crippen molar-refractivity contribution in [3.05, 3.63) is 0 Å². The summed E-state index contributed by atoms with van der Waals surface area (Å²) in [5.41, 5.74) is 0. The van der Waals surface area contributed by atoms with E-state index in [0.29, 0.717) is 11.8 Å². The second-order valence-electron chi connectivity index (χ2n) is 12.1. The van der Waals surface area contributed by atoms with E-state index in [1.807, 2.05) is 13.8 Å². The molecule has 1 aliphatic heterocycles. The van der Waals surface area contributed by atoms with Gasteiger partial charge >= 0.3 is 0 Å². The average molecular weight is 482 g/mol. The van der Waals surface area contributed by atoms with Gasteiger partial charge in [-0.1, -0.05) is 33.0 Å². The molecule has 32 heavy (non-hydrogen) atoms. The molecule has 2 aliphatic carbocycles. The van der Waals surface area contributed by atoms with Crippen molar-refractivity contribution in [2.24, 2.45) is 17.8 Å². The zero-order valence-corrected chi connectivity index (χ0v) is 22.9. The third kappa shape index (κ3) is 9.00. The van der Waals surface area contributed by atoms with Gasteiger partial charge in [-0.2, -0.15) is 0 Å². The van der Waals surface area contributed by atoms with E-state index in [1.165, 1.54) is 18.7 Å². The number of hydrogen-bond acceptors (Lipinski definition) is 3. The lowest BCUT2D eigenvalue weighted by Gasteiger charge is -2.24. The third-order valence-electron chi connectivity index (χ3n) is 7.11. The molecule has 7 heteroatoms. The summed E-state index contributed by atoms with van der Waals surface area (Å²) in [6.45, 7) is 13.2. The van der Waals surface area contributed by atoms with E-state index in [4.69, 9.17) is 25.2 Å². The van der Waals surface area contributed by atoms with Crippen LogP contribution in [0.1, 0.15) is 53.9 Å². The van der Waals surface area contributed by atoms with Gasteiger partial charge in [0.1, 0.15) is 0 Å². The second kappa shape index (κ2) is 11.6. The summed E-state index contributed by atoms with van der Waals surface area (Å²) in [5, 5.41) is 9.94. The fourth-order valence-electron chi connectivity index (χ4n) is 5.12. The summed E-state index contributed by atoms with van der Waals surface area (Å²) in [6, 6.07) is 0. The molecule has 3 fully saturated rings. The maximum Gasteiger partial charge on any atom is 0.163 e. The van der Waals surface area contributed by atoms with Gasteiger partial charge in [-0.3, -0.25) is 0 Å². The van der Waals surface area contributed by atoms with Gasteiger partial charge in [0.2, 0.25) is 0 Å². The molecule has 4 radical (unpaired) electrons. The summed E-state index contributed by atoms with van der Waals surface area (Å²) in [6.07, 6.45) is 15.3. The van der Waals surface area contributed by atoms with E-state index in [2.05, 4.69) is 46.2 Å². The van der Waals surface area contributed by atoms with Gasteiger partial charge in [0.15, 0.2) is 5.79 Å². The number of rotatable bonds is 6. The predicted molar refractivity (Wildman–Crippen MR) is 152 cm³/mol. The van der Waals surface area contributed by atoms with Crippen LogP contribution in [0.2, 0.25) is 11.6 Å². The molecule has 1 N–H and O–H groups in total. The fraction of sp³-hybridized carbons (Fsp3) is 0.920. The van der Waals surface area contributed by atoms with Crippen molar-refractivity contribution in [1.82, 2.24) is 0 Å².